The van der Waals surface area contributed by atoms with Crippen molar-refractivity contribution >= 4 is 7.60 Å². The number of benzene rings is 1. The highest BCUT2D eigenvalue weighted by molar-refractivity contribution is 7.51. The maximum atomic E-state index is 11.0. The minimum atomic E-state index is -3.42. The van der Waals surface area contributed by atoms with E-state index >= 15 is 0 Å². The van der Waals surface area contributed by atoms with Crippen molar-refractivity contribution in [2.24, 2.45) is 5.41 Å². The van der Waals surface area contributed by atoms with Crippen LogP contribution in [0.2, 0.25) is 0 Å². The Morgan fingerprint density at radius 2 is 1.59 bits per heavy atom. The largest absolute Gasteiger partial charge is 0.491 e. The molecule has 1 atom stereocenters. The fourth-order valence-corrected chi connectivity index (χ4v) is 3.21. The standard InChI is InChI=1S/C17H29O4P/c1-16(2,3)13-17(4,5)14-7-9-15(10-8-14)20-11-12-21-22(6,18)19/h7-10H,11-13H2,1-6H3,(H,18,19). The Balaban J connectivity index is 2.58. The van der Waals surface area contributed by atoms with Crippen LogP contribution in [0.25, 0.3) is 0 Å². The molecule has 0 aliphatic carbocycles. The molecule has 1 rings (SSSR count). The highest BCUT2D eigenvalue weighted by atomic mass is 31.2. The Kier molecular flexibility index (Phi) is 6.26. The third-order valence-corrected chi connectivity index (χ3v) is 3.95. The molecule has 0 saturated carbocycles. The SMILES string of the molecule is CC(C)(C)CC(C)(C)c1ccc(OCCOP(C)(=O)O)cc1. The summed E-state index contributed by atoms with van der Waals surface area (Å²) in [5.74, 6) is 0.739. The van der Waals surface area contributed by atoms with E-state index in [1.54, 1.807) is 0 Å². The molecule has 0 aliphatic heterocycles. The first-order valence-electron chi connectivity index (χ1n) is 7.57. The highest BCUT2D eigenvalue weighted by Crippen LogP contribution is 2.37. The Morgan fingerprint density at radius 1 is 1.05 bits per heavy atom. The predicted octanol–water partition coefficient (Wildman–Crippen LogP) is 4.61. The van der Waals surface area contributed by atoms with Gasteiger partial charge in [0.1, 0.15) is 12.4 Å². The van der Waals surface area contributed by atoms with E-state index in [1.807, 2.05) is 12.1 Å². The summed E-state index contributed by atoms with van der Waals surface area (Å²) in [4.78, 5) is 9.01. The summed E-state index contributed by atoms with van der Waals surface area (Å²) in [6.07, 6.45) is 1.09. The molecule has 0 spiro atoms. The van der Waals surface area contributed by atoms with Gasteiger partial charge >= 0.3 is 7.60 Å². The molecular formula is C17H29O4P. The first-order valence-corrected chi connectivity index (χ1v) is 9.60. The number of ether oxygens (including phenoxy) is 1. The second-order valence-corrected chi connectivity index (χ2v) is 9.49. The zero-order chi connectivity index (χ0) is 17.0. The van der Waals surface area contributed by atoms with Gasteiger partial charge in [0.25, 0.3) is 0 Å². The minimum Gasteiger partial charge on any atom is -0.491 e. The Bertz CT molecular complexity index is 508. The third-order valence-electron chi connectivity index (χ3n) is 3.29. The third kappa shape index (κ3) is 7.44. The Morgan fingerprint density at radius 3 is 2.05 bits per heavy atom. The van der Waals surface area contributed by atoms with E-state index in [1.165, 1.54) is 12.2 Å². The van der Waals surface area contributed by atoms with Crippen molar-refractivity contribution in [2.75, 3.05) is 19.9 Å². The lowest BCUT2D eigenvalue weighted by Crippen LogP contribution is -2.24. The molecule has 0 saturated heterocycles. The molecule has 0 heterocycles. The van der Waals surface area contributed by atoms with E-state index in [4.69, 9.17) is 14.2 Å². The summed E-state index contributed by atoms with van der Waals surface area (Å²) >= 11 is 0. The average Bonchev–Trinajstić information content (AvgIpc) is 2.31. The van der Waals surface area contributed by atoms with Crippen LogP contribution < -0.4 is 4.74 Å². The highest BCUT2D eigenvalue weighted by Gasteiger charge is 2.27. The van der Waals surface area contributed by atoms with Crippen molar-refractivity contribution in [1.82, 2.24) is 0 Å². The van der Waals surface area contributed by atoms with Crippen molar-refractivity contribution in [3.8, 4) is 5.75 Å². The second-order valence-electron chi connectivity index (χ2n) is 7.63. The Labute approximate surface area is 134 Å². The number of hydrogen-bond acceptors (Lipinski definition) is 3. The molecule has 0 aliphatic rings. The monoisotopic (exact) mass is 328 g/mol. The summed E-state index contributed by atoms with van der Waals surface area (Å²) in [6.45, 7) is 12.8. The first-order chi connectivity index (χ1) is 9.89. The fraction of sp³-hybridized carbons (Fsp3) is 0.647. The molecule has 22 heavy (non-hydrogen) atoms. The fourth-order valence-electron chi connectivity index (χ4n) is 2.80. The predicted molar refractivity (Wildman–Crippen MR) is 90.7 cm³/mol. The van der Waals surface area contributed by atoms with Gasteiger partial charge in [-0.2, -0.15) is 0 Å². The van der Waals surface area contributed by atoms with Crippen molar-refractivity contribution in [3.05, 3.63) is 29.8 Å². The van der Waals surface area contributed by atoms with Gasteiger partial charge in [-0.05, 0) is 34.9 Å². The zero-order valence-electron chi connectivity index (χ0n) is 14.5. The van der Waals surface area contributed by atoms with Crippen LogP contribution in [0, 0.1) is 5.41 Å². The van der Waals surface area contributed by atoms with Crippen LogP contribution in [0.3, 0.4) is 0 Å². The van der Waals surface area contributed by atoms with Gasteiger partial charge in [-0.3, -0.25) is 4.57 Å². The van der Waals surface area contributed by atoms with E-state index in [-0.39, 0.29) is 24.0 Å². The van der Waals surface area contributed by atoms with Crippen LogP contribution in [0.5, 0.6) is 5.75 Å². The van der Waals surface area contributed by atoms with Gasteiger partial charge in [0.2, 0.25) is 0 Å². The molecule has 126 valence electrons. The van der Waals surface area contributed by atoms with Gasteiger partial charge in [0.15, 0.2) is 0 Å². The lowest BCUT2D eigenvalue weighted by Gasteiger charge is -2.33. The molecule has 5 heteroatoms. The van der Waals surface area contributed by atoms with Crippen LogP contribution in [0.4, 0.5) is 0 Å². The maximum Gasteiger partial charge on any atom is 0.325 e. The minimum absolute atomic E-state index is 0.0988. The molecule has 0 fully saturated rings. The Hall–Kier alpha value is -0.830. The molecule has 0 radical (unpaired) electrons. The van der Waals surface area contributed by atoms with Gasteiger partial charge in [-0.1, -0.05) is 46.8 Å². The van der Waals surface area contributed by atoms with Crippen LogP contribution in [0.15, 0.2) is 24.3 Å². The van der Waals surface area contributed by atoms with Crippen molar-refractivity contribution < 1.29 is 18.7 Å². The van der Waals surface area contributed by atoms with Crippen molar-refractivity contribution in [1.29, 1.82) is 0 Å². The summed E-state index contributed by atoms with van der Waals surface area (Å²) in [5.41, 5.74) is 1.65. The molecule has 0 aromatic heterocycles. The molecule has 0 amide bonds. The van der Waals surface area contributed by atoms with E-state index in [0.29, 0.717) is 0 Å². The summed E-state index contributed by atoms with van der Waals surface area (Å²) in [7, 11) is -3.42. The van der Waals surface area contributed by atoms with Crippen LogP contribution in [-0.2, 0) is 14.5 Å². The summed E-state index contributed by atoms with van der Waals surface area (Å²) in [5, 5.41) is 0. The molecule has 1 aromatic rings. The van der Waals surface area contributed by atoms with Crippen molar-refractivity contribution in [2.45, 2.75) is 46.5 Å². The molecule has 1 unspecified atom stereocenters. The van der Waals surface area contributed by atoms with Gasteiger partial charge in [0, 0.05) is 6.66 Å². The smallest absolute Gasteiger partial charge is 0.325 e. The first kappa shape index (κ1) is 19.2. The second kappa shape index (κ2) is 7.16. The number of hydrogen-bond donors (Lipinski definition) is 1. The van der Waals surface area contributed by atoms with Crippen LogP contribution >= 0.6 is 7.60 Å². The van der Waals surface area contributed by atoms with Gasteiger partial charge < -0.3 is 14.2 Å². The topological polar surface area (TPSA) is 55.8 Å². The molecule has 1 aromatic carbocycles. The summed E-state index contributed by atoms with van der Waals surface area (Å²) < 4.78 is 21.3. The maximum absolute atomic E-state index is 11.0. The van der Waals surface area contributed by atoms with Gasteiger partial charge in [-0.15, -0.1) is 0 Å². The molecule has 4 nitrogen and oxygen atoms in total. The zero-order valence-corrected chi connectivity index (χ0v) is 15.4. The van der Waals surface area contributed by atoms with Crippen molar-refractivity contribution in [3.63, 3.8) is 0 Å². The van der Waals surface area contributed by atoms with E-state index in [2.05, 4.69) is 46.8 Å². The lowest BCUT2D eigenvalue weighted by molar-refractivity contribution is 0.198. The van der Waals surface area contributed by atoms with Crippen LogP contribution in [0.1, 0.15) is 46.6 Å². The van der Waals surface area contributed by atoms with E-state index < -0.39 is 7.60 Å². The number of rotatable bonds is 7. The van der Waals surface area contributed by atoms with E-state index in [0.717, 1.165) is 12.2 Å². The lowest BCUT2D eigenvalue weighted by atomic mass is 9.72. The van der Waals surface area contributed by atoms with Gasteiger partial charge in [-0.25, -0.2) is 0 Å². The van der Waals surface area contributed by atoms with Gasteiger partial charge in [0.05, 0.1) is 6.61 Å². The normalized spacial score (nSPS) is 15.4. The van der Waals surface area contributed by atoms with Crippen LogP contribution in [-0.4, -0.2) is 24.8 Å². The van der Waals surface area contributed by atoms with E-state index in [9.17, 15) is 4.57 Å². The molecule has 1 N–H and O–H groups in total. The summed E-state index contributed by atoms with van der Waals surface area (Å²) in [6, 6.07) is 8.03. The quantitative estimate of drug-likeness (QED) is 0.586. The average molecular weight is 328 g/mol. The molecular weight excluding hydrogens is 299 g/mol. The molecule has 0 bridgehead atoms.